The van der Waals surface area contributed by atoms with E-state index in [1.807, 2.05) is 19.1 Å². The monoisotopic (exact) mass is 495 g/mol. The van der Waals surface area contributed by atoms with Crippen LogP contribution in [0.15, 0.2) is 51.8 Å². The lowest BCUT2D eigenvalue weighted by molar-refractivity contribution is -0.116. The number of amides is 2. The van der Waals surface area contributed by atoms with Crippen LogP contribution in [0, 0.1) is 6.92 Å². The predicted molar refractivity (Wildman–Crippen MR) is 121 cm³/mol. The number of carbonyl (C=O) groups is 2. The molecule has 9 heteroatoms. The zero-order chi connectivity index (χ0) is 22.7. The van der Waals surface area contributed by atoms with E-state index in [0.717, 1.165) is 10.0 Å². The van der Waals surface area contributed by atoms with Crippen molar-refractivity contribution in [2.24, 2.45) is 0 Å². The van der Waals surface area contributed by atoms with Crippen LogP contribution in [0.1, 0.15) is 36.7 Å². The third kappa shape index (κ3) is 6.65. The van der Waals surface area contributed by atoms with Gasteiger partial charge in [0.1, 0.15) is 0 Å². The maximum atomic E-state index is 12.6. The Morgan fingerprint density at radius 1 is 1.07 bits per heavy atom. The van der Waals surface area contributed by atoms with E-state index in [-0.39, 0.29) is 23.3 Å². The molecule has 0 aliphatic heterocycles. The first-order chi connectivity index (χ1) is 13.8. The van der Waals surface area contributed by atoms with Crippen LogP contribution in [0.3, 0.4) is 0 Å². The van der Waals surface area contributed by atoms with Gasteiger partial charge < -0.3 is 10.2 Å². The van der Waals surface area contributed by atoms with E-state index in [4.69, 9.17) is 0 Å². The minimum absolute atomic E-state index is 0.0695. The van der Waals surface area contributed by atoms with E-state index in [0.29, 0.717) is 11.3 Å². The number of benzene rings is 2. The van der Waals surface area contributed by atoms with Crippen LogP contribution in [0.2, 0.25) is 0 Å². The Hall–Kier alpha value is -2.23. The van der Waals surface area contributed by atoms with Crippen LogP contribution in [-0.2, 0) is 14.8 Å². The van der Waals surface area contributed by atoms with Crippen molar-refractivity contribution in [1.82, 2.24) is 9.62 Å². The number of aryl methyl sites for hydroxylation is 1. The summed E-state index contributed by atoms with van der Waals surface area (Å²) in [4.78, 5) is 26.3. The molecule has 2 rings (SSSR count). The molecule has 0 aromatic heterocycles. The lowest BCUT2D eigenvalue weighted by atomic mass is 10.1. The molecule has 0 bridgehead atoms. The molecule has 30 heavy (non-hydrogen) atoms. The smallest absolute Gasteiger partial charge is 0.254 e. The quantitative estimate of drug-likeness (QED) is 0.640. The molecule has 2 N–H and O–H groups in total. The number of hydrogen-bond acceptors (Lipinski definition) is 4. The second-order valence-corrected chi connectivity index (χ2v) is 10.6. The van der Waals surface area contributed by atoms with Gasteiger partial charge in [-0.1, -0.05) is 15.9 Å². The lowest BCUT2D eigenvalue weighted by Crippen LogP contribution is -2.40. The first-order valence-corrected chi connectivity index (χ1v) is 11.5. The van der Waals surface area contributed by atoms with Gasteiger partial charge in [0.25, 0.3) is 5.91 Å². The molecule has 0 saturated heterocycles. The predicted octanol–water partition coefficient (Wildman–Crippen LogP) is 3.55. The number of anilines is 1. The molecule has 0 fully saturated rings. The molecule has 0 spiro atoms. The summed E-state index contributed by atoms with van der Waals surface area (Å²) in [6, 6.07) is 11.1. The van der Waals surface area contributed by atoms with E-state index in [1.165, 1.54) is 36.2 Å². The standard InChI is InChI=1S/C21H26BrN3O4S/c1-14-12-16(22)8-11-18(14)23-19(26)13-25(5)20(27)15-6-9-17(10-7-15)30(28,29)24-21(2,3)4/h6-12,24H,13H2,1-5H3,(H,23,26). The van der Waals surface area contributed by atoms with Gasteiger partial charge in [-0.3, -0.25) is 9.59 Å². The molecular weight excluding hydrogens is 470 g/mol. The first kappa shape index (κ1) is 24.0. The average molecular weight is 496 g/mol. The molecule has 2 aromatic carbocycles. The van der Waals surface area contributed by atoms with Crippen LogP contribution in [-0.4, -0.2) is 44.3 Å². The Kier molecular flexibility index (Phi) is 7.44. The zero-order valence-corrected chi connectivity index (χ0v) is 20.0. The third-order valence-corrected chi connectivity index (χ3v) is 6.31. The summed E-state index contributed by atoms with van der Waals surface area (Å²) in [7, 11) is -2.17. The van der Waals surface area contributed by atoms with Crippen LogP contribution < -0.4 is 10.0 Å². The summed E-state index contributed by atoms with van der Waals surface area (Å²) in [5, 5.41) is 2.78. The Morgan fingerprint density at radius 2 is 1.67 bits per heavy atom. The molecule has 0 radical (unpaired) electrons. The Balaban J connectivity index is 2.04. The normalized spacial score (nSPS) is 11.8. The van der Waals surface area contributed by atoms with Crippen molar-refractivity contribution in [2.45, 2.75) is 38.1 Å². The van der Waals surface area contributed by atoms with Crippen LogP contribution in [0.25, 0.3) is 0 Å². The highest BCUT2D eigenvalue weighted by Gasteiger charge is 2.23. The van der Waals surface area contributed by atoms with Crippen molar-refractivity contribution >= 4 is 43.5 Å². The van der Waals surface area contributed by atoms with Crippen molar-refractivity contribution in [3.63, 3.8) is 0 Å². The van der Waals surface area contributed by atoms with Gasteiger partial charge in [-0.2, -0.15) is 0 Å². The van der Waals surface area contributed by atoms with Crippen molar-refractivity contribution < 1.29 is 18.0 Å². The number of hydrogen-bond donors (Lipinski definition) is 2. The topological polar surface area (TPSA) is 95.6 Å². The van der Waals surface area contributed by atoms with Gasteiger partial charge in [0.15, 0.2) is 0 Å². The minimum atomic E-state index is -3.68. The van der Waals surface area contributed by atoms with Gasteiger partial charge in [-0.25, -0.2) is 13.1 Å². The Labute approximate surface area is 186 Å². The summed E-state index contributed by atoms with van der Waals surface area (Å²) < 4.78 is 28.2. The highest BCUT2D eigenvalue weighted by Crippen LogP contribution is 2.20. The minimum Gasteiger partial charge on any atom is -0.332 e. The molecule has 0 aliphatic rings. The molecule has 0 unspecified atom stereocenters. The fourth-order valence-corrected chi connectivity index (χ4v) is 4.60. The average Bonchev–Trinajstić information content (AvgIpc) is 2.61. The van der Waals surface area contributed by atoms with Crippen molar-refractivity contribution in [3.8, 4) is 0 Å². The molecule has 2 amide bonds. The van der Waals surface area contributed by atoms with Gasteiger partial charge in [-0.05, 0) is 75.7 Å². The second kappa shape index (κ2) is 9.28. The molecule has 162 valence electrons. The van der Waals surface area contributed by atoms with E-state index < -0.39 is 15.6 Å². The Morgan fingerprint density at radius 3 is 2.20 bits per heavy atom. The summed E-state index contributed by atoms with van der Waals surface area (Å²) in [5.74, 6) is -0.713. The maximum absolute atomic E-state index is 12.6. The van der Waals surface area contributed by atoms with E-state index >= 15 is 0 Å². The SMILES string of the molecule is Cc1cc(Br)ccc1NC(=O)CN(C)C(=O)c1ccc(S(=O)(=O)NC(C)(C)C)cc1. The summed E-state index contributed by atoms with van der Waals surface area (Å²) in [5.41, 5.74) is 1.24. The van der Waals surface area contributed by atoms with Gasteiger partial charge in [-0.15, -0.1) is 0 Å². The number of nitrogens with zero attached hydrogens (tertiary/aromatic N) is 1. The third-order valence-electron chi connectivity index (χ3n) is 4.04. The van der Waals surface area contributed by atoms with Crippen molar-refractivity contribution in [2.75, 3.05) is 18.9 Å². The number of rotatable bonds is 6. The van der Waals surface area contributed by atoms with Gasteiger partial charge in [0, 0.05) is 28.3 Å². The van der Waals surface area contributed by atoms with Gasteiger partial charge >= 0.3 is 0 Å². The second-order valence-electron chi connectivity index (χ2n) is 8.05. The van der Waals surface area contributed by atoms with E-state index in [9.17, 15) is 18.0 Å². The summed E-state index contributed by atoms with van der Waals surface area (Å²) in [6.45, 7) is 6.98. The highest BCUT2D eigenvalue weighted by molar-refractivity contribution is 9.10. The fraction of sp³-hybridized carbons (Fsp3) is 0.333. The van der Waals surface area contributed by atoms with E-state index in [2.05, 4.69) is 26.0 Å². The van der Waals surface area contributed by atoms with Crippen LogP contribution in [0.4, 0.5) is 5.69 Å². The highest BCUT2D eigenvalue weighted by atomic mass is 79.9. The van der Waals surface area contributed by atoms with Crippen LogP contribution in [0.5, 0.6) is 0 Å². The number of nitrogens with one attached hydrogen (secondary N) is 2. The van der Waals surface area contributed by atoms with Gasteiger partial charge in [0.2, 0.25) is 15.9 Å². The van der Waals surface area contributed by atoms with Crippen molar-refractivity contribution in [1.29, 1.82) is 0 Å². The number of sulfonamides is 1. The zero-order valence-electron chi connectivity index (χ0n) is 17.6. The Bertz CT molecular complexity index is 1040. The van der Waals surface area contributed by atoms with E-state index in [1.54, 1.807) is 26.8 Å². The van der Waals surface area contributed by atoms with Crippen LogP contribution >= 0.6 is 15.9 Å². The number of carbonyl (C=O) groups excluding carboxylic acids is 2. The molecule has 0 saturated carbocycles. The van der Waals surface area contributed by atoms with Crippen molar-refractivity contribution in [3.05, 3.63) is 58.1 Å². The molecule has 7 nitrogen and oxygen atoms in total. The molecule has 2 aromatic rings. The number of halogens is 1. The first-order valence-electron chi connectivity index (χ1n) is 9.24. The largest absolute Gasteiger partial charge is 0.332 e. The van der Waals surface area contributed by atoms with Gasteiger partial charge in [0.05, 0.1) is 11.4 Å². The maximum Gasteiger partial charge on any atom is 0.254 e. The molecule has 0 atom stereocenters. The molecule has 0 aliphatic carbocycles. The molecule has 0 heterocycles. The number of likely N-dealkylation sites (N-methyl/N-ethyl adjacent to an activating group) is 1. The summed E-state index contributed by atoms with van der Waals surface area (Å²) in [6.07, 6.45) is 0. The fourth-order valence-electron chi connectivity index (χ4n) is 2.70. The lowest BCUT2D eigenvalue weighted by Gasteiger charge is -2.20. The molecular formula is C21H26BrN3O4S. The summed E-state index contributed by atoms with van der Waals surface area (Å²) >= 11 is 3.37.